The maximum Gasteiger partial charge on any atom is 0.192 e. The summed E-state index contributed by atoms with van der Waals surface area (Å²) in [5, 5.41) is 0.155. The molecule has 5 nitrogen and oxygen atoms in total. The van der Waals surface area contributed by atoms with Crippen molar-refractivity contribution < 1.29 is 23.4 Å². The molecule has 0 aromatic heterocycles. The first kappa shape index (κ1) is 34.3. The summed E-state index contributed by atoms with van der Waals surface area (Å²) in [6.07, 6.45) is 25.1. The lowest BCUT2D eigenvalue weighted by Crippen LogP contribution is -2.45. The van der Waals surface area contributed by atoms with Gasteiger partial charge in [-0.2, -0.15) is 0 Å². The molecular weight excluding hydrogens is 584 g/mol. The third-order valence-electron chi connectivity index (χ3n) is 9.31. The highest BCUT2D eigenvalue weighted by Crippen LogP contribution is 2.46. The van der Waals surface area contributed by atoms with E-state index in [0.717, 1.165) is 64.8 Å². The lowest BCUT2D eigenvalue weighted by Gasteiger charge is -2.40. The number of rotatable bonds is 15. The first-order valence-corrected chi connectivity index (χ1v) is 19.9. The van der Waals surface area contributed by atoms with Gasteiger partial charge in [-0.3, -0.25) is 0 Å². The topological polar surface area (TPSA) is 46.2 Å². The summed E-state index contributed by atoms with van der Waals surface area (Å²) >= 11 is 3.74. The van der Waals surface area contributed by atoms with Crippen LogP contribution in [0.4, 0.5) is 0 Å². The first-order valence-electron chi connectivity index (χ1n) is 16.1. The van der Waals surface area contributed by atoms with E-state index >= 15 is 0 Å². The highest BCUT2D eigenvalue weighted by molar-refractivity contribution is 9.09. The predicted octanol–water partition coefficient (Wildman–Crippen LogP) is 8.76. The third kappa shape index (κ3) is 11.1. The number of terminal acetylenes is 1. The molecule has 2 unspecified atom stereocenters. The molecule has 7 atom stereocenters. The van der Waals surface area contributed by atoms with Crippen molar-refractivity contribution in [2.24, 2.45) is 11.8 Å². The fraction of sp³-hybridized carbons (Fsp3) is 0.879. The molecule has 1 saturated carbocycles. The van der Waals surface area contributed by atoms with Crippen molar-refractivity contribution in [3.05, 3.63) is 12.2 Å². The Bertz CT molecular complexity index is 779. The summed E-state index contributed by atoms with van der Waals surface area (Å²) in [5.74, 6) is 3.50. The van der Waals surface area contributed by atoms with Gasteiger partial charge in [0.15, 0.2) is 20.9 Å². The van der Waals surface area contributed by atoms with Crippen LogP contribution in [0.2, 0.25) is 18.1 Å². The predicted molar refractivity (Wildman–Crippen MR) is 170 cm³/mol. The Morgan fingerprint density at radius 2 is 1.65 bits per heavy atom. The van der Waals surface area contributed by atoms with Crippen molar-refractivity contribution in [3.8, 4) is 12.3 Å². The minimum Gasteiger partial charge on any atom is -0.414 e. The van der Waals surface area contributed by atoms with Crippen LogP contribution in [0.25, 0.3) is 0 Å². The molecule has 3 fully saturated rings. The molecule has 40 heavy (non-hydrogen) atoms. The number of hydrogen-bond acceptors (Lipinski definition) is 5. The molecule has 3 aliphatic rings. The Labute approximate surface area is 255 Å². The van der Waals surface area contributed by atoms with Crippen molar-refractivity contribution in [2.45, 2.75) is 152 Å². The molecule has 0 bridgehead atoms. The van der Waals surface area contributed by atoms with E-state index in [4.69, 9.17) is 29.8 Å². The molecule has 0 amide bonds. The summed E-state index contributed by atoms with van der Waals surface area (Å²) in [4.78, 5) is 0.0322. The van der Waals surface area contributed by atoms with E-state index in [2.05, 4.69) is 67.9 Å². The number of unbranched alkanes of at least 4 members (excludes halogenated alkanes) is 4. The molecule has 3 rings (SSSR count). The second-order valence-electron chi connectivity index (χ2n) is 13.5. The van der Waals surface area contributed by atoms with E-state index in [9.17, 15) is 0 Å². The number of ether oxygens (including phenoxy) is 4. The number of halogens is 1. The van der Waals surface area contributed by atoms with Gasteiger partial charge in [-0.05, 0) is 94.7 Å². The minimum atomic E-state index is -1.95. The second-order valence-corrected chi connectivity index (χ2v) is 19.4. The average molecular weight is 642 g/mol. The van der Waals surface area contributed by atoms with Crippen molar-refractivity contribution in [1.82, 2.24) is 0 Å². The van der Waals surface area contributed by atoms with Gasteiger partial charge in [0.2, 0.25) is 0 Å². The molecule has 1 aliphatic carbocycles. The van der Waals surface area contributed by atoms with Crippen LogP contribution in [0.1, 0.15) is 104 Å². The second kappa shape index (κ2) is 17.2. The standard InChI is InChI=1S/C33H57BrO5Si/c1-7-26(34)24-28-27(18-12-10-8-9-11-15-21-35-31-19-13-16-22-36-31)29(38-32-20-14-17-23-37-32)25-30(28)39-40(5,6)33(2,3)4/h1,12,18,26-32H,8-11,13-17,19-25H2,2-6H3/b18-12+/t26-,27+,28+,29+,30-,31?,32?/m0/s1. The van der Waals surface area contributed by atoms with Crippen molar-refractivity contribution in [1.29, 1.82) is 0 Å². The van der Waals surface area contributed by atoms with E-state index < -0.39 is 8.32 Å². The Balaban J connectivity index is 1.57. The van der Waals surface area contributed by atoms with Crippen molar-refractivity contribution in [3.63, 3.8) is 0 Å². The number of alkyl halides is 1. The monoisotopic (exact) mass is 640 g/mol. The summed E-state index contributed by atoms with van der Waals surface area (Å²) < 4.78 is 31.3. The molecule has 7 heteroatoms. The maximum atomic E-state index is 7.07. The Kier molecular flexibility index (Phi) is 14.7. The van der Waals surface area contributed by atoms with Crippen LogP contribution < -0.4 is 0 Å². The zero-order chi connectivity index (χ0) is 29.0. The largest absolute Gasteiger partial charge is 0.414 e. The van der Waals surface area contributed by atoms with Gasteiger partial charge in [0, 0.05) is 25.7 Å². The van der Waals surface area contributed by atoms with Gasteiger partial charge in [-0.25, -0.2) is 0 Å². The molecule has 2 aliphatic heterocycles. The fourth-order valence-electron chi connectivity index (χ4n) is 5.85. The summed E-state index contributed by atoms with van der Waals surface area (Å²) in [6, 6.07) is 0. The minimum absolute atomic E-state index is 0.0308. The van der Waals surface area contributed by atoms with Crippen LogP contribution in [-0.4, -0.2) is 57.8 Å². The van der Waals surface area contributed by atoms with E-state index in [0.29, 0.717) is 5.92 Å². The lowest BCUT2D eigenvalue weighted by molar-refractivity contribution is -0.193. The number of allylic oxidation sites excluding steroid dienone is 1. The molecule has 0 N–H and O–H groups in total. The summed E-state index contributed by atoms with van der Waals surface area (Å²) in [5.41, 5.74) is 0. The molecular formula is C33H57BrO5Si. The zero-order valence-electron chi connectivity index (χ0n) is 26.0. The van der Waals surface area contributed by atoms with Crippen LogP contribution in [-0.2, 0) is 23.4 Å². The van der Waals surface area contributed by atoms with Gasteiger partial charge in [-0.15, -0.1) is 6.42 Å². The quantitative estimate of drug-likeness (QED) is 0.0588. The SMILES string of the molecule is C#C[C@H](Br)C[C@@H]1[C@@H](/C=C/CCCCCCOC2CCCCO2)[C@H](OC2CCCCO2)C[C@@H]1O[Si](C)(C)C(C)(C)C. The zero-order valence-corrected chi connectivity index (χ0v) is 28.6. The Morgan fingerprint density at radius 1 is 0.975 bits per heavy atom. The van der Waals surface area contributed by atoms with E-state index in [-0.39, 0.29) is 40.6 Å². The van der Waals surface area contributed by atoms with Crippen LogP contribution in [0.15, 0.2) is 12.2 Å². The fourth-order valence-corrected chi connectivity index (χ4v) is 7.66. The van der Waals surface area contributed by atoms with Gasteiger partial charge in [0.1, 0.15) is 0 Å². The van der Waals surface area contributed by atoms with Crippen LogP contribution in [0.5, 0.6) is 0 Å². The van der Waals surface area contributed by atoms with Gasteiger partial charge in [0.25, 0.3) is 0 Å². The summed E-state index contributed by atoms with van der Waals surface area (Å²) in [7, 11) is -1.95. The smallest absolute Gasteiger partial charge is 0.192 e. The van der Waals surface area contributed by atoms with Gasteiger partial charge in [0.05, 0.1) is 17.0 Å². The lowest BCUT2D eigenvalue weighted by atomic mass is 9.88. The average Bonchev–Trinajstić information content (AvgIpc) is 3.22. The maximum absolute atomic E-state index is 7.07. The highest BCUT2D eigenvalue weighted by Gasteiger charge is 2.49. The van der Waals surface area contributed by atoms with E-state index in [1.165, 1.54) is 38.5 Å². The van der Waals surface area contributed by atoms with Crippen LogP contribution in [0, 0.1) is 24.2 Å². The van der Waals surface area contributed by atoms with Crippen LogP contribution in [0.3, 0.4) is 0 Å². The van der Waals surface area contributed by atoms with Crippen molar-refractivity contribution in [2.75, 3.05) is 19.8 Å². The Hall–Kier alpha value is -0.203. The molecule has 2 heterocycles. The van der Waals surface area contributed by atoms with E-state index in [1.54, 1.807) is 0 Å². The van der Waals surface area contributed by atoms with Gasteiger partial charge < -0.3 is 23.4 Å². The van der Waals surface area contributed by atoms with E-state index in [1.807, 2.05) is 0 Å². The highest BCUT2D eigenvalue weighted by atomic mass is 79.9. The normalized spacial score (nSPS) is 30.9. The molecule has 2 saturated heterocycles. The Morgan fingerprint density at radius 3 is 2.27 bits per heavy atom. The molecule has 0 radical (unpaired) electrons. The molecule has 230 valence electrons. The van der Waals surface area contributed by atoms with Crippen molar-refractivity contribution >= 4 is 24.2 Å². The number of hydrogen-bond donors (Lipinski definition) is 0. The molecule has 0 spiro atoms. The van der Waals surface area contributed by atoms with Crippen LogP contribution >= 0.6 is 15.9 Å². The summed E-state index contributed by atoms with van der Waals surface area (Å²) in [6.45, 7) is 14.1. The third-order valence-corrected chi connectivity index (χ3v) is 14.5. The molecule has 0 aromatic carbocycles. The van der Waals surface area contributed by atoms with Gasteiger partial charge in [-0.1, -0.05) is 67.6 Å². The first-order chi connectivity index (χ1) is 19.1. The molecule has 0 aromatic rings. The van der Waals surface area contributed by atoms with Gasteiger partial charge >= 0.3 is 0 Å².